The second-order valence-corrected chi connectivity index (χ2v) is 4.30. The summed E-state index contributed by atoms with van der Waals surface area (Å²) in [6, 6.07) is 2.91. The average molecular weight is 256 g/mol. The minimum Gasteiger partial charge on any atom is -0.315 e. The smallest absolute Gasteiger partial charge is 0.315 e. The Balaban J connectivity index is 2.24. The Labute approximate surface area is 101 Å². The molecule has 1 fully saturated rings. The van der Waals surface area contributed by atoms with Crippen molar-refractivity contribution in [2.24, 2.45) is 0 Å². The number of alkyl halides is 3. The lowest BCUT2D eigenvalue weighted by Gasteiger charge is -2.16. The van der Waals surface area contributed by atoms with Crippen LogP contribution in [-0.2, 0) is 6.18 Å². The van der Waals surface area contributed by atoms with E-state index in [2.05, 4.69) is 15.3 Å². The highest BCUT2D eigenvalue weighted by Gasteiger charge is 2.40. The Morgan fingerprint density at radius 3 is 2.89 bits per heavy atom. The summed E-state index contributed by atoms with van der Waals surface area (Å²) in [7, 11) is 0. The lowest BCUT2D eigenvalue weighted by molar-refractivity contribution is -0.147. The number of pyridine rings is 1. The highest BCUT2D eigenvalue weighted by Crippen LogP contribution is 2.34. The van der Waals surface area contributed by atoms with E-state index >= 15 is 0 Å². The first-order valence-electron chi connectivity index (χ1n) is 5.68. The van der Waals surface area contributed by atoms with Gasteiger partial charge in [-0.2, -0.15) is 13.2 Å². The molecule has 2 aromatic rings. The van der Waals surface area contributed by atoms with Crippen LogP contribution >= 0.6 is 0 Å². The quantitative estimate of drug-likeness (QED) is 0.848. The predicted molar refractivity (Wildman–Crippen MR) is 59.1 cm³/mol. The third-order valence-electron chi connectivity index (χ3n) is 3.10. The number of imidazole rings is 1. The van der Waals surface area contributed by atoms with Gasteiger partial charge in [0, 0.05) is 12.7 Å². The molecule has 2 aromatic heterocycles. The molecule has 0 spiro atoms. The van der Waals surface area contributed by atoms with Gasteiger partial charge in [-0.05, 0) is 25.1 Å². The van der Waals surface area contributed by atoms with Gasteiger partial charge in [-0.1, -0.05) is 0 Å². The van der Waals surface area contributed by atoms with Gasteiger partial charge in [0.25, 0.3) is 0 Å². The van der Waals surface area contributed by atoms with E-state index in [1.54, 1.807) is 12.1 Å². The summed E-state index contributed by atoms with van der Waals surface area (Å²) in [5, 5.41) is 3.06. The minimum absolute atomic E-state index is 0.235. The van der Waals surface area contributed by atoms with Gasteiger partial charge < -0.3 is 9.88 Å². The van der Waals surface area contributed by atoms with Crippen LogP contribution in [0.5, 0.6) is 0 Å². The van der Waals surface area contributed by atoms with Crippen LogP contribution in [0.2, 0.25) is 0 Å². The summed E-state index contributed by atoms with van der Waals surface area (Å²) in [5.41, 5.74) is 0.593. The number of nitrogens with zero attached hydrogens (tertiary/aromatic N) is 3. The number of hydrogen-bond donors (Lipinski definition) is 1. The molecule has 1 N–H and O–H groups in total. The van der Waals surface area contributed by atoms with Gasteiger partial charge in [-0.25, -0.2) is 9.97 Å². The summed E-state index contributed by atoms with van der Waals surface area (Å²) >= 11 is 0. The van der Waals surface area contributed by atoms with Crippen LogP contribution in [0.1, 0.15) is 18.3 Å². The molecular weight excluding hydrogens is 245 g/mol. The molecule has 96 valence electrons. The molecule has 0 aromatic carbocycles. The zero-order chi connectivity index (χ0) is 12.8. The van der Waals surface area contributed by atoms with Crippen molar-refractivity contribution in [3.63, 3.8) is 0 Å². The van der Waals surface area contributed by atoms with Crippen molar-refractivity contribution in [2.45, 2.75) is 18.6 Å². The molecule has 7 heteroatoms. The molecule has 1 atom stereocenters. The number of nitrogens with one attached hydrogen (secondary N) is 1. The first-order chi connectivity index (χ1) is 8.57. The summed E-state index contributed by atoms with van der Waals surface area (Å²) in [4.78, 5) is 7.71. The van der Waals surface area contributed by atoms with Gasteiger partial charge in [-0.15, -0.1) is 0 Å². The van der Waals surface area contributed by atoms with E-state index in [0.717, 1.165) is 0 Å². The fourth-order valence-electron chi connectivity index (χ4n) is 2.34. The van der Waals surface area contributed by atoms with E-state index in [-0.39, 0.29) is 11.6 Å². The van der Waals surface area contributed by atoms with Gasteiger partial charge >= 0.3 is 6.18 Å². The number of hydrogen-bond acceptors (Lipinski definition) is 3. The minimum atomic E-state index is -4.46. The molecule has 1 aliphatic heterocycles. The lowest BCUT2D eigenvalue weighted by atomic mass is 10.2. The SMILES string of the molecule is FC(F)(F)c1nc2cccnc2n1[C@H]1CCNC1. The third-order valence-corrected chi connectivity index (χ3v) is 3.10. The number of rotatable bonds is 1. The van der Waals surface area contributed by atoms with E-state index in [0.29, 0.717) is 25.2 Å². The van der Waals surface area contributed by atoms with E-state index in [1.807, 2.05) is 0 Å². The fraction of sp³-hybridized carbons (Fsp3) is 0.455. The molecule has 4 nitrogen and oxygen atoms in total. The van der Waals surface area contributed by atoms with E-state index in [1.165, 1.54) is 10.8 Å². The van der Waals surface area contributed by atoms with Crippen LogP contribution in [0.3, 0.4) is 0 Å². The molecule has 0 aliphatic carbocycles. The maximum absolute atomic E-state index is 13.0. The maximum Gasteiger partial charge on any atom is 0.449 e. The second-order valence-electron chi connectivity index (χ2n) is 4.30. The van der Waals surface area contributed by atoms with E-state index in [4.69, 9.17) is 0 Å². The van der Waals surface area contributed by atoms with Crippen LogP contribution in [0.25, 0.3) is 11.2 Å². The maximum atomic E-state index is 13.0. The molecule has 3 rings (SSSR count). The van der Waals surface area contributed by atoms with Gasteiger partial charge in [0.15, 0.2) is 5.65 Å². The molecule has 1 saturated heterocycles. The summed E-state index contributed by atoms with van der Waals surface area (Å²) in [6.45, 7) is 1.24. The summed E-state index contributed by atoms with van der Waals surface area (Å²) in [5.74, 6) is -0.857. The molecular formula is C11H11F3N4. The topological polar surface area (TPSA) is 42.7 Å². The summed E-state index contributed by atoms with van der Waals surface area (Å²) < 4.78 is 40.2. The first kappa shape index (κ1) is 11.5. The molecule has 18 heavy (non-hydrogen) atoms. The number of halogens is 3. The van der Waals surface area contributed by atoms with Crippen LogP contribution < -0.4 is 5.32 Å². The lowest BCUT2D eigenvalue weighted by Crippen LogP contribution is -2.21. The molecule has 0 radical (unpaired) electrons. The Morgan fingerprint density at radius 2 is 2.22 bits per heavy atom. The molecule has 3 heterocycles. The van der Waals surface area contributed by atoms with E-state index < -0.39 is 12.0 Å². The standard InChI is InChI=1S/C11H11F3N4/c12-11(13,14)10-17-8-2-1-4-16-9(8)18(10)7-3-5-15-6-7/h1-2,4,7,15H,3,5-6H2/t7-/m0/s1. The molecule has 0 amide bonds. The first-order valence-corrected chi connectivity index (χ1v) is 5.68. The zero-order valence-corrected chi connectivity index (χ0v) is 9.41. The van der Waals surface area contributed by atoms with Gasteiger partial charge in [-0.3, -0.25) is 0 Å². The third kappa shape index (κ3) is 1.74. The Kier molecular flexibility index (Phi) is 2.51. The molecule has 0 unspecified atom stereocenters. The van der Waals surface area contributed by atoms with Crippen molar-refractivity contribution in [1.29, 1.82) is 0 Å². The van der Waals surface area contributed by atoms with Crippen molar-refractivity contribution >= 4 is 11.2 Å². The van der Waals surface area contributed by atoms with Gasteiger partial charge in [0.2, 0.25) is 5.82 Å². The summed E-state index contributed by atoms with van der Waals surface area (Å²) in [6.07, 6.45) is -2.31. The van der Waals surface area contributed by atoms with E-state index in [9.17, 15) is 13.2 Å². The van der Waals surface area contributed by atoms with Crippen molar-refractivity contribution in [2.75, 3.05) is 13.1 Å². The fourth-order valence-corrected chi connectivity index (χ4v) is 2.34. The number of fused-ring (bicyclic) bond motifs is 1. The zero-order valence-electron chi connectivity index (χ0n) is 9.41. The Bertz CT molecular complexity index is 569. The molecule has 0 bridgehead atoms. The Morgan fingerprint density at radius 1 is 1.39 bits per heavy atom. The van der Waals surface area contributed by atoms with Gasteiger partial charge in [0.1, 0.15) is 5.52 Å². The average Bonchev–Trinajstić information content (AvgIpc) is 2.94. The van der Waals surface area contributed by atoms with Crippen molar-refractivity contribution < 1.29 is 13.2 Å². The van der Waals surface area contributed by atoms with Crippen LogP contribution in [0, 0.1) is 0 Å². The van der Waals surface area contributed by atoms with Crippen LogP contribution in [0.15, 0.2) is 18.3 Å². The van der Waals surface area contributed by atoms with Crippen LogP contribution in [-0.4, -0.2) is 27.6 Å². The highest BCUT2D eigenvalue weighted by molar-refractivity contribution is 5.71. The normalized spacial score (nSPS) is 20.7. The second kappa shape index (κ2) is 3.94. The van der Waals surface area contributed by atoms with Gasteiger partial charge in [0.05, 0.1) is 6.04 Å². The van der Waals surface area contributed by atoms with Crippen molar-refractivity contribution in [3.05, 3.63) is 24.2 Å². The molecule has 0 saturated carbocycles. The monoisotopic (exact) mass is 256 g/mol. The van der Waals surface area contributed by atoms with Crippen LogP contribution in [0.4, 0.5) is 13.2 Å². The largest absolute Gasteiger partial charge is 0.449 e. The Hall–Kier alpha value is -1.63. The number of aromatic nitrogens is 3. The highest BCUT2D eigenvalue weighted by atomic mass is 19.4. The molecule has 1 aliphatic rings. The van der Waals surface area contributed by atoms with Crippen molar-refractivity contribution in [1.82, 2.24) is 19.9 Å². The predicted octanol–water partition coefficient (Wildman–Crippen LogP) is 1.98. The van der Waals surface area contributed by atoms with Crippen molar-refractivity contribution in [3.8, 4) is 0 Å².